The second-order valence-electron chi connectivity index (χ2n) is 4.92. The largest absolute Gasteiger partial charge is 0.497 e. The fourth-order valence-corrected chi connectivity index (χ4v) is 2.33. The molecule has 0 radical (unpaired) electrons. The molecule has 6 nitrogen and oxygen atoms in total. The smallest absolute Gasteiger partial charge is 0.343 e. The first-order valence-corrected chi connectivity index (χ1v) is 7.54. The Labute approximate surface area is 147 Å². The summed E-state index contributed by atoms with van der Waals surface area (Å²) >= 11 is 5.81. The van der Waals surface area contributed by atoms with Gasteiger partial charge in [-0.2, -0.15) is 4.98 Å². The van der Waals surface area contributed by atoms with E-state index < -0.39 is 11.8 Å². The third-order valence-corrected chi connectivity index (χ3v) is 3.60. The van der Waals surface area contributed by atoms with Gasteiger partial charge in [-0.3, -0.25) is 0 Å². The number of aromatic nitrogens is 2. The van der Waals surface area contributed by atoms with Crippen molar-refractivity contribution in [3.05, 3.63) is 64.8 Å². The average molecular weight is 363 g/mol. The number of hydrogen-bond acceptors (Lipinski definition) is 6. The summed E-state index contributed by atoms with van der Waals surface area (Å²) in [7, 11) is 1.55. The zero-order valence-corrected chi connectivity index (χ0v) is 13.8. The lowest BCUT2D eigenvalue weighted by Gasteiger charge is -2.04. The van der Waals surface area contributed by atoms with Gasteiger partial charge in [-0.05, 0) is 24.3 Å². The fraction of sp³-hybridized carbons (Fsp3) is 0.118. The summed E-state index contributed by atoms with van der Waals surface area (Å²) < 4.78 is 28.8. The maximum absolute atomic E-state index is 13.7. The Morgan fingerprint density at radius 1 is 1.28 bits per heavy atom. The summed E-state index contributed by atoms with van der Waals surface area (Å²) in [4.78, 5) is 16.1. The van der Waals surface area contributed by atoms with E-state index >= 15 is 0 Å². The molecule has 0 saturated heterocycles. The van der Waals surface area contributed by atoms with Gasteiger partial charge in [-0.25, -0.2) is 9.18 Å². The molecule has 128 valence electrons. The van der Waals surface area contributed by atoms with Crippen LogP contribution >= 0.6 is 11.6 Å². The lowest BCUT2D eigenvalue weighted by molar-refractivity contribution is 0.0424. The summed E-state index contributed by atoms with van der Waals surface area (Å²) in [6.07, 6.45) is 0. The molecule has 0 bridgehead atoms. The second kappa shape index (κ2) is 7.31. The first-order valence-electron chi connectivity index (χ1n) is 7.16. The Bertz CT molecular complexity index is 893. The number of benzene rings is 2. The molecule has 1 aromatic heterocycles. The SMILES string of the molecule is COc1cccc(-c2noc(COC(=O)c3c(F)cccc3Cl)n2)c1. The van der Waals surface area contributed by atoms with Crippen molar-refractivity contribution >= 4 is 17.6 Å². The molecule has 0 aliphatic rings. The lowest BCUT2D eigenvalue weighted by atomic mass is 10.2. The van der Waals surface area contributed by atoms with Crippen LogP contribution in [0.3, 0.4) is 0 Å². The quantitative estimate of drug-likeness (QED) is 0.641. The first kappa shape index (κ1) is 16.9. The molecule has 0 aliphatic carbocycles. The van der Waals surface area contributed by atoms with E-state index in [9.17, 15) is 9.18 Å². The predicted octanol–water partition coefficient (Wildman–Crippen LogP) is 3.89. The molecule has 0 amide bonds. The Kier molecular flexibility index (Phi) is 4.95. The molecule has 3 aromatic rings. The van der Waals surface area contributed by atoms with E-state index in [0.717, 1.165) is 6.07 Å². The molecular weight excluding hydrogens is 351 g/mol. The number of ether oxygens (including phenoxy) is 2. The molecule has 0 fully saturated rings. The average Bonchev–Trinajstić information content (AvgIpc) is 3.09. The van der Waals surface area contributed by atoms with Crippen molar-refractivity contribution in [2.45, 2.75) is 6.61 Å². The molecule has 0 unspecified atom stereocenters. The molecule has 0 aliphatic heterocycles. The number of carbonyl (C=O) groups excluding carboxylic acids is 1. The fourth-order valence-electron chi connectivity index (χ4n) is 2.09. The standard InChI is InChI=1S/C17H12ClFN2O4/c1-23-11-5-2-4-10(8-11)16-20-14(25-21-16)9-24-17(22)15-12(18)6-3-7-13(15)19/h2-8H,9H2,1H3. The normalized spacial score (nSPS) is 10.5. The van der Waals surface area contributed by atoms with Gasteiger partial charge in [-0.15, -0.1) is 0 Å². The van der Waals surface area contributed by atoms with Gasteiger partial charge < -0.3 is 14.0 Å². The summed E-state index contributed by atoms with van der Waals surface area (Å²) in [6, 6.07) is 11.0. The van der Waals surface area contributed by atoms with Crippen LogP contribution in [0, 0.1) is 5.82 Å². The highest BCUT2D eigenvalue weighted by Gasteiger charge is 2.19. The van der Waals surface area contributed by atoms with Gasteiger partial charge in [-0.1, -0.05) is 35.0 Å². The zero-order chi connectivity index (χ0) is 17.8. The third-order valence-electron chi connectivity index (χ3n) is 3.29. The second-order valence-corrected chi connectivity index (χ2v) is 5.32. The van der Waals surface area contributed by atoms with Crippen LogP contribution in [0.1, 0.15) is 16.2 Å². The van der Waals surface area contributed by atoms with Crippen LogP contribution in [0.2, 0.25) is 5.02 Å². The maximum atomic E-state index is 13.7. The van der Waals surface area contributed by atoms with E-state index in [1.807, 2.05) is 0 Å². The van der Waals surface area contributed by atoms with Gasteiger partial charge >= 0.3 is 5.97 Å². The van der Waals surface area contributed by atoms with E-state index in [1.54, 1.807) is 31.4 Å². The lowest BCUT2D eigenvalue weighted by Crippen LogP contribution is -2.08. The molecule has 3 rings (SSSR count). The molecule has 1 heterocycles. The first-order chi connectivity index (χ1) is 12.1. The maximum Gasteiger partial charge on any atom is 0.343 e. The molecule has 8 heteroatoms. The van der Waals surface area contributed by atoms with Crippen LogP contribution in [0.4, 0.5) is 4.39 Å². The Morgan fingerprint density at radius 2 is 2.08 bits per heavy atom. The minimum Gasteiger partial charge on any atom is -0.497 e. The van der Waals surface area contributed by atoms with E-state index in [4.69, 9.17) is 25.6 Å². The van der Waals surface area contributed by atoms with Gasteiger partial charge in [0.2, 0.25) is 5.82 Å². The Balaban J connectivity index is 1.70. The van der Waals surface area contributed by atoms with Gasteiger partial charge in [0.25, 0.3) is 5.89 Å². The van der Waals surface area contributed by atoms with Crippen molar-refractivity contribution in [2.24, 2.45) is 0 Å². The van der Waals surface area contributed by atoms with Crippen molar-refractivity contribution in [3.8, 4) is 17.1 Å². The predicted molar refractivity (Wildman–Crippen MR) is 86.8 cm³/mol. The van der Waals surface area contributed by atoms with Crippen molar-refractivity contribution < 1.29 is 23.2 Å². The number of carbonyl (C=O) groups is 1. The van der Waals surface area contributed by atoms with Crippen LogP contribution in [0.15, 0.2) is 47.0 Å². The molecule has 25 heavy (non-hydrogen) atoms. The summed E-state index contributed by atoms with van der Waals surface area (Å²) in [5.74, 6) is -0.652. The van der Waals surface area contributed by atoms with Crippen molar-refractivity contribution in [3.63, 3.8) is 0 Å². The zero-order valence-electron chi connectivity index (χ0n) is 13.0. The molecular formula is C17H12ClFN2O4. The van der Waals surface area contributed by atoms with E-state index in [2.05, 4.69) is 10.1 Å². The van der Waals surface area contributed by atoms with Crippen LogP contribution in [0.25, 0.3) is 11.4 Å². The monoisotopic (exact) mass is 362 g/mol. The highest BCUT2D eigenvalue weighted by molar-refractivity contribution is 6.33. The van der Waals surface area contributed by atoms with Gasteiger partial charge in [0.15, 0.2) is 6.61 Å². The van der Waals surface area contributed by atoms with Crippen LogP contribution in [-0.2, 0) is 11.3 Å². The van der Waals surface area contributed by atoms with E-state index in [0.29, 0.717) is 17.1 Å². The minimum absolute atomic E-state index is 0.0346. The van der Waals surface area contributed by atoms with Gasteiger partial charge in [0.1, 0.15) is 17.1 Å². The summed E-state index contributed by atoms with van der Waals surface area (Å²) in [5.41, 5.74) is 0.342. The van der Waals surface area contributed by atoms with E-state index in [-0.39, 0.29) is 23.1 Å². The highest BCUT2D eigenvalue weighted by Crippen LogP contribution is 2.22. The minimum atomic E-state index is -0.913. The number of methoxy groups -OCH3 is 1. The number of rotatable bonds is 5. The van der Waals surface area contributed by atoms with Gasteiger partial charge in [0.05, 0.1) is 12.1 Å². The van der Waals surface area contributed by atoms with Crippen LogP contribution < -0.4 is 4.74 Å². The molecule has 0 N–H and O–H groups in total. The number of esters is 1. The molecule has 2 aromatic carbocycles. The molecule has 0 spiro atoms. The Morgan fingerprint density at radius 3 is 2.84 bits per heavy atom. The third kappa shape index (κ3) is 3.77. The van der Waals surface area contributed by atoms with Crippen molar-refractivity contribution in [1.29, 1.82) is 0 Å². The van der Waals surface area contributed by atoms with Crippen LogP contribution in [-0.4, -0.2) is 23.2 Å². The highest BCUT2D eigenvalue weighted by atomic mass is 35.5. The number of halogens is 2. The summed E-state index contributed by atoms with van der Waals surface area (Å²) in [5, 5.41) is 3.78. The molecule has 0 atom stereocenters. The number of nitrogens with zero attached hydrogens (tertiary/aromatic N) is 2. The van der Waals surface area contributed by atoms with E-state index in [1.165, 1.54) is 12.1 Å². The Hall–Kier alpha value is -2.93. The topological polar surface area (TPSA) is 74.5 Å². The van der Waals surface area contributed by atoms with Crippen molar-refractivity contribution in [2.75, 3.05) is 7.11 Å². The number of hydrogen-bond donors (Lipinski definition) is 0. The summed E-state index contributed by atoms with van der Waals surface area (Å²) in [6.45, 7) is -0.305. The van der Waals surface area contributed by atoms with Crippen molar-refractivity contribution in [1.82, 2.24) is 10.1 Å². The van der Waals surface area contributed by atoms with Gasteiger partial charge in [0, 0.05) is 5.56 Å². The molecule has 0 saturated carbocycles. The van der Waals surface area contributed by atoms with Crippen LogP contribution in [0.5, 0.6) is 5.75 Å².